The SMILES string of the molecule is CC1(C)CCN(Cc2ccc(C(=O)O)cc2Br)CC1. The Morgan fingerprint density at radius 3 is 2.53 bits per heavy atom. The largest absolute Gasteiger partial charge is 0.478 e. The van der Waals surface area contributed by atoms with Gasteiger partial charge in [-0.15, -0.1) is 0 Å². The van der Waals surface area contributed by atoms with Crippen LogP contribution < -0.4 is 0 Å². The number of halogens is 1. The maximum Gasteiger partial charge on any atom is 0.335 e. The Balaban J connectivity index is 2.02. The normalized spacial score (nSPS) is 19.3. The van der Waals surface area contributed by atoms with E-state index in [4.69, 9.17) is 5.11 Å². The fraction of sp³-hybridized carbons (Fsp3) is 0.533. The third kappa shape index (κ3) is 3.80. The van der Waals surface area contributed by atoms with Gasteiger partial charge in [0.15, 0.2) is 0 Å². The Morgan fingerprint density at radius 2 is 2.00 bits per heavy atom. The van der Waals surface area contributed by atoms with Crippen molar-refractivity contribution in [3.8, 4) is 0 Å². The van der Waals surface area contributed by atoms with Crippen LogP contribution in [0.4, 0.5) is 0 Å². The van der Waals surface area contributed by atoms with Crippen LogP contribution in [0.25, 0.3) is 0 Å². The lowest BCUT2D eigenvalue weighted by molar-refractivity contribution is 0.0696. The first-order valence-electron chi connectivity index (χ1n) is 6.61. The van der Waals surface area contributed by atoms with Crippen LogP contribution in [0.3, 0.4) is 0 Å². The summed E-state index contributed by atoms with van der Waals surface area (Å²) < 4.78 is 0.886. The second-order valence-corrected chi connectivity index (χ2v) is 6.91. The van der Waals surface area contributed by atoms with Gasteiger partial charge in [-0.2, -0.15) is 0 Å². The zero-order valence-corrected chi connectivity index (χ0v) is 13.0. The van der Waals surface area contributed by atoms with Crippen molar-refractivity contribution in [1.82, 2.24) is 4.90 Å². The standard InChI is InChI=1S/C15H20BrNO2/c1-15(2)5-7-17(8-6-15)10-12-4-3-11(14(18)19)9-13(12)16/h3-4,9H,5-8,10H2,1-2H3,(H,18,19). The van der Waals surface area contributed by atoms with E-state index in [1.807, 2.05) is 6.07 Å². The second-order valence-electron chi connectivity index (χ2n) is 6.05. The molecule has 1 aliphatic heterocycles. The lowest BCUT2D eigenvalue weighted by atomic mass is 9.82. The number of nitrogens with zero attached hydrogens (tertiary/aromatic N) is 1. The van der Waals surface area contributed by atoms with Crippen LogP contribution in [0.5, 0.6) is 0 Å². The molecule has 0 atom stereocenters. The predicted octanol–water partition coefficient (Wildman–Crippen LogP) is 3.77. The third-order valence-electron chi connectivity index (χ3n) is 3.90. The summed E-state index contributed by atoms with van der Waals surface area (Å²) in [4.78, 5) is 13.3. The Labute approximate surface area is 122 Å². The highest BCUT2D eigenvalue weighted by Crippen LogP contribution is 2.31. The fourth-order valence-corrected chi connectivity index (χ4v) is 2.87. The van der Waals surface area contributed by atoms with Gasteiger partial charge in [-0.25, -0.2) is 4.79 Å². The molecule has 2 rings (SSSR count). The fourth-order valence-electron chi connectivity index (χ4n) is 2.37. The van der Waals surface area contributed by atoms with Crippen LogP contribution in [0.2, 0.25) is 0 Å². The van der Waals surface area contributed by atoms with Crippen molar-refractivity contribution in [3.63, 3.8) is 0 Å². The van der Waals surface area contributed by atoms with Crippen molar-refractivity contribution in [2.45, 2.75) is 33.2 Å². The summed E-state index contributed by atoms with van der Waals surface area (Å²) >= 11 is 3.47. The number of likely N-dealkylation sites (tertiary alicyclic amines) is 1. The summed E-state index contributed by atoms with van der Waals surface area (Å²) in [7, 11) is 0. The zero-order valence-electron chi connectivity index (χ0n) is 11.4. The number of aromatic carboxylic acids is 1. The zero-order chi connectivity index (χ0) is 14.0. The van der Waals surface area contributed by atoms with E-state index in [0.29, 0.717) is 11.0 Å². The van der Waals surface area contributed by atoms with Gasteiger partial charge in [0.1, 0.15) is 0 Å². The first kappa shape index (κ1) is 14.5. The lowest BCUT2D eigenvalue weighted by Gasteiger charge is -2.37. The summed E-state index contributed by atoms with van der Waals surface area (Å²) in [6.45, 7) is 7.75. The lowest BCUT2D eigenvalue weighted by Crippen LogP contribution is -2.36. The minimum absolute atomic E-state index is 0.329. The predicted molar refractivity (Wildman–Crippen MR) is 79.4 cm³/mol. The van der Waals surface area contributed by atoms with Crippen LogP contribution in [0, 0.1) is 5.41 Å². The number of carboxylic acids is 1. The van der Waals surface area contributed by atoms with E-state index in [2.05, 4.69) is 34.7 Å². The van der Waals surface area contributed by atoms with Crippen molar-refractivity contribution >= 4 is 21.9 Å². The second kappa shape index (κ2) is 5.63. The van der Waals surface area contributed by atoms with Gasteiger partial charge in [0.25, 0.3) is 0 Å². The molecule has 0 radical (unpaired) electrons. The number of hydrogen-bond donors (Lipinski definition) is 1. The Morgan fingerprint density at radius 1 is 1.37 bits per heavy atom. The van der Waals surface area contributed by atoms with E-state index < -0.39 is 5.97 Å². The van der Waals surface area contributed by atoms with Crippen molar-refractivity contribution in [1.29, 1.82) is 0 Å². The number of carbonyl (C=O) groups is 1. The van der Waals surface area contributed by atoms with Gasteiger partial charge in [-0.1, -0.05) is 35.8 Å². The van der Waals surface area contributed by atoms with Gasteiger partial charge in [0.05, 0.1) is 5.56 Å². The monoisotopic (exact) mass is 325 g/mol. The maximum absolute atomic E-state index is 10.9. The molecule has 1 fully saturated rings. The van der Waals surface area contributed by atoms with Gasteiger partial charge in [0.2, 0.25) is 0 Å². The minimum Gasteiger partial charge on any atom is -0.478 e. The third-order valence-corrected chi connectivity index (χ3v) is 4.64. The van der Waals surface area contributed by atoms with Crippen molar-refractivity contribution in [2.24, 2.45) is 5.41 Å². The first-order chi connectivity index (χ1) is 8.87. The molecule has 0 aromatic heterocycles. The molecule has 1 heterocycles. The molecule has 0 spiro atoms. The Kier molecular flexibility index (Phi) is 4.31. The van der Waals surface area contributed by atoms with Crippen LogP contribution in [-0.2, 0) is 6.54 Å². The molecule has 0 aliphatic carbocycles. The van der Waals surface area contributed by atoms with E-state index in [-0.39, 0.29) is 0 Å². The number of benzene rings is 1. The first-order valence-corrected chi connectivity index (χ1v) is 7.41. The summed E-state index contributed by atoms with van der Waals surface area (Å²) in [6.07, 6.45) is 2.44. The molecule has 1 aromatic carbocycles. The number of piperidine rings is 1. The number of carboxylic acid groups (broad SMARTS) is 1. The highest BCUT2D eigenvalue weighted by molar-refractivity contribution is 9.10. The van der Waals surface area contributed by atoms with Crippen LogP contribution in [0.1, 0.15) is 42.6 Å². The van der Waals surface area contributed by atoms with Gasteiger partial charge in [-0.3, -0.25) is 4.90 Å². The molecule has 0 bridgehead atoms. The van der Waals surface area contributed by atoms with Crippen LogP contribution >= 0.6 is 15.9 Å². The molecule has 1 saturated heterocycles. The number of rotatable bonds is 3. The average molecular weight is 326 g/mol. The Bertz CT molecular complexity index is 475. The van der Waals surface area contributed by atoms with E-state index in [0.717, 1.165) is 29.7 Å². The van der Waals surface area contributed by atoms with Crippen LogP contribution in [-0.4, -0.2) is 29.1 Å². The maximum atomic E-state index is 10.9. The van der Waals surface area contributed by atoms with E-state index >= 15 is 0 Å². The molecule has 1 N–H and O–H groups in total. The topological polar surface area (TPSA) is 40.5 Å². The van der Waals surface area contributed by atoms with E-state index in [1.165, 1.54) is 12.8 Å². The summed E-state index contributed by atoms with van der Waals surface area (Å²) in [5, 5.41) is 8.95. The number of hydrogen-bond acceptors (Lipinski definition) is 2. The van der Waals surface area contributed by atoms with Gasteiger partial charge < -0.3 is 5.11 Å². The van der Waals surface area contributed by atoms with Crippen molar-refractivity contribution in [3.05, 3.63) is 33.8 Å². The molecule has 19 heavy (non-hydrogen) atoms. The summed E-state index contributed by atoms with van der Waals surface area (Å²) in [5.74, 6) is -0.882. The van der Waals surface area contributed by atoms with E-state index in [9.17, 15) is 4.79 Å². The highest BCUT2D eigenvalue weighted by Gasteiger charge is 2.25. The Hall–Kier alpha value is -0.870. The van der Waals surface area contributed by atoms with Gasteiger partial charge in [-0.05, 0) is 49.0 Å². The molecule has 0 saturated carbocycles. The van der Waals surface area contributed by atoms with Crippen LogP contribution in [0.15, 0.2) is 22.7 Å². The minimum atomic E-state index is -0.882. The highest BCUT2D eigenvalue weighted by atomic mass is 79.9. The quantitative estimate of drug-likeness (QED) is 0.919. The molecular weight excluding hydrogens is 306 g/mol. The summed E-state index contributed by atoms with van der Waals surface area (Å²) in [6, 6.07) is 5.27. The molecule has 4 heteroatoms. The van der Waals surface area contributed by atoms with Gasteiger partial charge >= 0.3 is 5.97 Å². The molecule has 0 amide bonds. The molecule has 104 valence electrons. The summed E-state index contributed by atoms with van der Waals surface area (Å²) in [5.41, 5.74) is 1.95. The molecule has 1 aromatic rings. The molecule has 1 aliphatic rings. The molecule has 3 nitrogen and oxygen atoms in total. The van der Waals surface area contributed by atoms with Crippen molar-refractivity contribution in [2.75, 3.05) is 13.1 Å². The smallest absolute Gasteiger partial charge is 0.335 e. The molecular formula is C15H20BrNO2. The van der Waals surface area contributed by atoms with E-state index in [1.54, 1.807) is 12.1 Å². The van der Waals surface area contributed by atoms with Gasteiger partial charge in [0, 0.05) is 11.0 Å². The molecule has 0 unspecified atom stereocenters. The average Bonchev–Trinajstić information content (AvgIpc) is 2.34. The van der Waals surface area contributed by atoms with Crippen molar-refractivity contribution < 1.29 is 9.90 Å².